The molecule has 1 amide bonds. The summed E-state index contributed by atoms with van der Waals surface area (Å²) in [6, 6.07) is 6.00. The number of piperidine rings is 1. The Morgan fingerprint density at radius 3 is 2.70 bits per heavy atom. The highest BCUT2D eigenvalue weighted by Crippen LogP contribution is 2.51. The predicted octanol–water partition coefficient (Wildman–Crippen LogP) is 4.09. The highest BCUT2D eigenvalue weighted by Gasteiger charge is 2.47. The lowest BCUT2D eigenvalue weighted by Crippen LogP contribution is -2.47. The molecule has 1 saturated heterocycles. The van der Waals surface area contributed by atoms with Gasteiger partial charge in [-0.15, -0.1) is 0 Å². The molecule has 1 aromatic carbocycles. The molecular weight excluding hydrogens is 331 g/mol. The first-order valence-corrected chi connectivity index (χ1v) is 9.33. The lowest BCUT2D eigenvalue weighted by Gasteiger charge is -2.35. The highest BCUT2D eigenvalue weighted by atomic mass is 35.5. The summed E-state index contributed by atoms with van der Waals surface area (Å²) >= 11 is 12.3. The van der Waals surface area contributed by atoms with E-state index < -0.39 is 0 Å². The molecule has 1 aliphatic heterocycles. The lowest BCUT2D eigenvalue weighted by atomic mass is 10.0. The van der Waals surface area contributed by atoms with Crippen LogP contribution in [0, 0.1) is 5.92 Å². The zero-order valence-corrected chi connectivity index (χ0v) is 15.0. The fourth-order valence-corrected chi connectivity index (χ4v) is 4.21. The first kappa shape index (κ1) is 17.1. The molecule has 1 aromatic rings. The number of hydrogen-bond acceptors (Lipinski definition) is 2. The summed E-state index contributed by atoms with van der Waals surface area (Å²) in [5, 5.41) is 4.70. The fourth-order valence-electron chi connectivity index (χ4n) is 3.66. The average molecular weight is 355 g/mol. The van der Waals surface area contributed by atoms with Crippen molar-refractivity contribution in [1.29, 1.82) is 0 Å². The van der Waals surface area contributed by atoms with Gasteiger partial charge in [0.15, 0.2) is 0 Å². The Labute approximate surface area is 148 Å². The van der Waals surface area contributed by atoms with Gasteiger partial charge >= 0.3 is 0 Å². The quantitative estimate of drug-likeness (QED) is 0.863. The third-order valence-corrected chi connectivity index (χ3v) is 5.53. The van der Waals surface area contributed by atoms with Gasteiger partial charge < -0.3 is 10.2 Å². The number of amides is 1. The Kier molecular flexibility index (Phi) is 5.50. The molecule has 3 rings (SSSR count). The molecule has 23 heavy (non-hydrogen) atoms. The highest BCUT2D eigenvalue weighted by molar-refractivity contribution is 6.35. The number of rotatable bonds is 5. The molecule has 1 aliphatic carbocycles. The summed E-state index contributed by atoms with van der Waals surface area (Å²) in [5.41, 5.74) is 1.07. The second-order valence-electron chi connectivity index (χ2n) is 6.63. The van der Waals surface area contributed by atoms with Crippen LogP contribution >= 0.6 is 23.2 Å². The first-order chi connectivity index (χ1) is 11.1. The van der Waals surface area contributed by atoms with Gasteiger partial charge in [0.2, 0.25) is 5.91 Å². The van der Waals surface area contributed by atoms with E-state index in [4.69, 9.17) is 23.2 Å². The van der Waals surface area contributed by atoms with Crippen LogP contribution in [0.25, 0.3) is 0 Å². The Bertz CT molecular complexity index is 572. The van der Waals surface area contributed by atoms with Crippen LogP contribution in [0.1, 0.15) is 44.1 Å². The van der Waals surface area contributed by atoms with Crippen molar-refractivity contribution in [2.75, 3.05) is 19.6 Å². The largest absolute Gasteiger partial charge is 0.339 e. The van der Waals surface area contributed by atoms with E-state index in [1.807, 2.05) is 12.1 Å². The molecule has 2 aliphatic rings. The molecule has 0 radical (unpaired) electrons. The predicted molar refractivity (Wildman–Crippen MR) is 95.2 cm³/mol. The zero-order chi connectivity index (χ0) is 16.4. The minimum atomic E-state index is 0.0927. The molecule has 0 bridgehead atoms. The minimum absolute atomic E-state index is 0.0927. The van der Waals surface area contributed by atoms with Gasteiger partial charge in [-0.05, 0) is 62.4 Å². The lowest BCUT2D eigenvalue weighted by molar-refractivity contribution is -0.135. The van der Waals surface area contributed by atoms with Crippen LogP contribution in [0.3, 0.4) is 0 Å². The summed E-state index contributed by atoms with van der Waals surface area (Å²) < 4.78 is 0. The number of nitrogens with zero attached hydrogens (tertiary/aromatic N) is 1. The molecule has 1 heterocycles. The number of carbonyl (C=O) groups excluding carboxylic acids is 1. The fraction of sp³-hybridized carbons (Fsp3) is 0.611. The number of carbonyl (C=O) groups is 1. The van der Waals surface area contributed by atoms with Gasteiger partial charge in [-0.2, -0.15) is 0 Å². The maximum atomic E-state index is 13.0. The van der Waals surface area contributed by atoms with E-state index in [1.54, 1.807) is 6.07 Å². The molecule has 0 spiro atoms. The second-order valence-corrected chi connectivity index (χ2v) is 7.47. The number of nitrogens with one attached hydrogen (secondary N) is 1. The average Bonchev–Trinajstić information content (AvgIpc) is 3.33. The van der Waals surface area contributed by atoms with E-state index in [0.717, 1.165) is 50.9 Å². The van der Waals surface area contributed by atoms with Crippen molar-refractivity contribution in [3.63, 3.8) is 0 Å². The Hall–Kier alpha value is -0.770. The van der Waals surface area contributed by atoms with Crippen LogP contribution in [0.2, 0.25) is 10.0 Å². The standard InChI is InChI=1S/C18H24Cl2N2O/c1-2-9-22(13-5-7-21-8-6-13)18(23)16-11-15(16)14-4-3-12(19)10-17(14)20/h3-4,10,13,15-16,21H,2,5-9,11H2,1H3. The van der Waals surface area contributed by atoms with Crippen molar-refractivity contribution in [1.82, 2.24) is 10.2 Å². The van der Waals surface area contributed by atoms with E-state index in [9.17, 15) is 4.79 Å². The monoisotopic (exact) mass is 354 g/mol. The zero-order valence-electron chi connectivity index (χ0n) is 13.5. The van der Waals surface area contributed by atoms with Gasteiger partial charge in [-0.25, -0.2) is 0 Å². The molecule has 1 N–H and O–H groups in total. The van der Waals surface area contributed by atoms with Crippen LogP contribution < -0.4 is 5.32 Å². The summed E-state index contributed by atoms with van der Waals surface area (Å²) in [6.07, 6.45) is 4.04. The normalized spacial score (nSPS) is 24.5. The molecule has 2 atom stereocenters. The smallest absolute Gasteiger partial charge is 0.226 e. The van der Waals surface area contributed by atoms with E-state index in [0.29, 0.717) is 22.0 Å². The van der Waals surface area contributed by atoms with E-state index in [2.05, 4.69) is 17.1 Å². The van der Waals surface area contributed by atoms with Crippen LogP contribution in [-0.2, 0) is 4.79 Å². The molecular formula is C18H24Cl2N2O. The molecule has 0 aromatic heterocycles. The minimum Gasteiger partial charge on any atom is -0.339 e. The summed E-state index contributed by atoms with van der Waals surface area (Å²) in [5.74, 6) is 0.665. The molecule has 3 nitrogen and oxygen atoms in total. The van der Waals surface area contributed by atoms with E-state index in [1.165, 1.54) is 0 Å². The van der Waals surface area contributed by atoms with Gasteiger partial charge in [-0.3, -0.25) is 4.79 Å². The topological polar surface area (TPSA) is 32.3 Å². The van der Waals surface area contributed by atoms with Crippen molar-refractivity contribution >= 4 is 29.1 Å². The second kappa shape index (κ2) is 7.42. The van der Waals surface area contributed by atoms with Gasteiger partial charge in [-0.1, -0.05) is 36.2 Å². The Morgan fingerprint density at radius 2 is 2.04 bits per heavy atom. The van der Waals surface area contributed by atoms with Gasteiger partial charge in [0.05, 0.1) is 0 Å². The third kappa shape index (κ3) is 3.84. The SMILES string of the molecule is CCCN(C(=O)C1CC1c1ccc(Cl)cc1Cl)C1CCNCC1. The van der Waals surface area contributed by atoms with Gasteiger partial charge in [0, 0.05) is 28.5 Å². The molecule has 2 unspecified atom stereocenters. The maximum Gasteiger partial charge on any atom is 0.226 e. The van der Waals surface area contributed by atoms with Crippen molar-refractivity contribution < 1.29 is 4.79 Å². The maximum absolute atomic E-state index is 13.0. The molecule has 1 saturated carbocycles. The third-order valence-electron chi connectivity index (χ3n) is 4.97. The summed E-state index contributed by atoms with van der Waals surface area (Å²) in [7, 11) is 0. The van der Waals surface area contributed by atoms with Crippen molar-refractivity contribution in [3.05, 3.63) is 33.8 Å². The van der Waals surface area contributed by atoms with Crippen LogP contribution in [0.5, 0.6) is 0 Å². The van der Waals surface area contributed by atoms with Crippen molar-refractivity contribution in [2.24, 2.45) is 5.92 Å². The van der Waals surface area contributed by atoms with Crippen LogP contribution in [-0.4, -0.2) is 36.5 Å². The first-order valence-electron chi connectivity index (χ1n) is 8.58. The van der Waals surface area contributed by atoms with Gasteiger partial charge in [0.25, 0.3) is 0 Å². The summed E-state index contributed by atoms with van der Waals surface area (Å²) in [4.78, 5) is 15.1. The number of halogens is 2. The Morgan fingerprint density at radius 1 is 1.30 bits per heavy atom. The van der Waals surface area contributed by atoms with Crippen LogP contribution in [0.4, 0.5) is 0 Å². The van der Waals surface area contributed by atoms with E-state index in [-0.39, 0.29) is 11.8 Å². The molecule has 2 fully saturated rings. The number of hydrogen-bond donors (Lipinski definition) is 1. The molecule has 126 valence electrons. The Balaban J connectivity index is 1.69. The van der Waals surface area contributed by atoms with Crippen LogP contribution in [0.15, 0.2) is 18.2 Å². The van der Waals surface area contributed by atoms with Crippen molar-refractivity contribution in [3.8, 4) is 0 Å². The van der Waals surface area contributed by atoms with E-state index >= 15 is 0 Å². The summed E-state index contributed by atoms with van der Waals surface area (Å²) in [6.45, 7) is 5.02. The van der Waals surface area contributed by atoms with Crippen molar-refractivity contribution in [2.45, 2.75) is 44.6 Å². The molecule has 5 heteroatoms. The van der Waals surface area contributed by atoms with Gasteiger partial charge in [0.1, 0.15) is 0 Å². The number of benzene rings is 1.